The van der Waals surface area contributed by atoms with E-state index in [1.807, 2.05) is 42.6 Å². The van der Waals surface area contributed by atoms with Crippen LogP contribution in [0.5, 0.6) is 34.5 Å². The topological polar surface area (TPSA) is 177 Å². The number of amides is 2. The third-order valence-electron chi connectivity index (χ3n) is 11.3. The van der Waals surface area contributed by atoms with Gasteiger partial charge in [-0.3, -0.25) is 9.59 Å². The third-order valence-corrected chi connectivity index (χ3v) is 12.4. The third kappa shape index (κ3) is 8.60. The number of nitrogens with one attached hydrogen (secondary N) is 2. The summed E-state index contributed by atoms with van der Waals surface area (Å²) < 4.78 is 72.1. The molecule has 0 aliphatic carbocycles. The molecule has 2 unspecified atom stereocenters. The average Bonchev–Trinajstić information content (AvgIpc) is 3.86. The largest absolute Gasteiger partial charge is 1.00 e. The zero-order chi connectivity index (χ0) is 42.3. The molecule has 61 heavy (non-hydrogen) atoms. The van der Waals surface area contributed by atoms with Gasteiger partial charge in [-0.25, -0.2) is 8.42 Å². The molecule has 0 saturated carbocycles. The molecule has 4 aliphatic rings. The molecule has 0 spiro atoms. The SMILES string of the molecule is COc1ccc(C2=CN3C(=O)c4cc(OC)c(OCCCOc5cc6c(cc5OC)C(=O)N5C=C(c7ccc(OC)cc7)C[C@H]5C(S(=O)(=O)[O-])N6)cc4NC(C)[C@@H]3C2)cc1.[Na+]. The van der Waals surface area contributed by atoms with E-state index in [4.69, 9.17) is 28.4 Å². The van der Waals surface area contributed by atoms with Crippen LogP contribution >= 0.6 is 0 Å². The first kappa shape index (κ1) is 43.7. The van der Waals surface area contributed by atoms with Crippen molar-refractivity contribution >= 4 is 44.5 Å². The van der Waals surface area contributed by atoms with Crippen LogP contribution in [-0.4, -0.2) is 99.7 Å². The average molecular weight is 861 g/mol. The zero-order valence-corrected chi connectivity index (χ0v) is 37.5. The second kappa shape index (κ2) is 17.9. The van der Waals surface area contributed by atoms with E-state index in [2.05, 4.69) is 17.6 Å². The summed E-state index contributed by atoms with van der Waals surface area (Å²) >= 11 is 0. The van der Waals surface area contributed by atoms with Crippen molar-refractivity contribution in [2.24, 2.45) is 0 Å². The van der Waals surface area contributed by atoms with Crippen molar-refractivity contribution in [3.05, 3.63) is 107 Å². The Hall–Kier alpha value is -5.39. The van der Waals surface area contributed by atoms with Crippen molar-refractivity contribution in [3.8, 4) is 34.5 Å². The molecule has 0 saturated heterocycles. The normalized spacial score (nSPS) is 20.2. The zero-order valence-electron chi connectivity index (χ0n) is 34.7. The number of hydrogen-bond acceptors (Lipinski definition) is 13. The molecule has 4 heterocycles. The minimum Gasteiger partial charge on any atom is -0.746 e. The first-order valence-electron chi connectivity index (χ1n) is 19.4. The van der Waals surface area contributed by atoms with Crippen LogP contribution in [0.3, 0.4) is 0 Å². The van der Waals surface area contributed by atoms with E-state index < -0.39 is 27.4 Å². The van der Waals surface area contributed by atoms with Gasteiger partial charge in [0.15, 0.2) is 23.0 Å². The Bertz CT molecular complexity index is 2500. The standard InChI is InChI=1S/C44H46N4O11S.Na/c1-25-36-17-28(26-7-11-30(54-2)12-8-26)23-47(36)43(49)32-19-38(56-4)40(21-34(32)45-25)58-15-6-16-59-41-22-35-33(20-39(41)57-5)44(50)48-24-29(27-9-13-31(55-3)14-10-27)18-37(48)42(46-35)60(51,52)53;/h7-14,19-25,36-37,42,45-46H,6,15-18H2,1-5H3,(H,51,52,53);/q;+1/p-1/t25?,36-,37-,42?;/m0./s1. The van der Waals surface area contributed by atoms with E-state index in [1.54, 1.807) is 49.6 Å². The number of anilines is 2. The van der Waals surface area contributed by atoms with Crippen LogP contribution in [-0.2, 0) is 10.1 Å². The summed E-state index contributed by atoms with van der Waals surface area (Å²) in [6.45, 7) is 2.41. The molecule has 0 bridgehead atoms. The Kier molecular flexibility index (Phi) is 12.8. The van der Waals surface area contributed by atoms with Crippen molar-refractivity contribution in [2.45, 2.75) is 49.7 Å². The van der Waals surface area contributed by atoms with E-state index >= 15 is 0 Å². The molecule has 17 heteroatoms. The number of nitrogens with zero attached hydrogens (tertiary/aromatic N) is 2. The maximum atomic E-state index is 14.0. The molecule has 2 amide bonds. The second-order valence-corrected chi connectivity index (χ2v) is 16.4. The van der Waals surface area contributed by atoms with Crippen molar-refractivity contribution < 1.29 is 80.5 Å². The second-order valence-electron chi connectivity index (χ2n) is 14.9. The van der Waals surface area contributed by atoms with Crippen LogP contribution in [0.1, 0.15) is 58.0 Å². The summed E-state index contributed by atoms with van der Waals surface area (Å²) in [7, 11) is 1.19. The summed E-state index contributed by atoms with van der Waals surface area (Å²) in [5.74, 6) is 2.09. The molecule has 4 aliphatic heterocycles. The minimum atomic E-state index is -4.94. The first-order chi connectivity index (χ1) is 28.9. The Morgan fingerprint density at radius 2 is 1.08 bits per heavy atom. The molecule has 4 aromatic carbocycles. The van der Waals surface area contributed by atoms with E-state index in [0.717, 1.165) is 22.4 Å². The van der Waals surface area contributed by atoms with Gasteiger partial charge in [0.1, 0.15) is 27.0 Å². The number of hydrogen-bond donors (Lipinski definition) is 2. The van der Waals surface area contributed by atoms with Gasteiger partial charge in [0.05, 0.1) is 76.2 Å². The van der Waals surface area contributed by atoms with Gasteiger partial charge in [-0.05, 0) is 78.4 Å². The molecule has 4 atom stereocenters. The summed E-state index contributed by atoms with van der Waals surface area (Å²) in [5.41, 5.74) is 4.91. The molecule has 2 N–H and O–H groups in total. The number of carbonyl (C=O) groups is 2. The van der Waals surface area contributed by atoms with Gasteiger partial charge in [-0.2, -0.15) is 0 Å². The Balaban J connectivity index is 0.00000561. The van der Waals surface area contributed by atoms with Crippen LogP contribution in [0, 0.1) is 0 Å². The number of benzene rings is 4. The van der Waals surface area contributed by atoms with Gasteiger partial charge in [0, 0.05) is 37.0 Å². The number of methoxy groups -OCH3 is 4. The minimum absolute atomic E-state index is 0. The molecule has 8 rings (SSSR count). The van der Waals surface area contributed by atoms with Gasteiger partial charge in [-0.1, -0.05) is 24.3 Å². The molecule has 0 radical (unpaired) electrons. The number of ether oxygens (including phenoxy) is 6. The van der Waals surface area contributed by atoms with E-state index in [0.29, 0.717) is 46.9 Å². The molecule has 314 valence electrons. The smallest absolute Gasteiger partial charge is 0.746 e. The Morgan fingerprint density at radius 3 is 1.52 bits per heavy atom. The fourth-order valence-corrected chi connectivity index (χ4v) is 9.06. The molecular formula is C44H45N4NaO11S. The quantitative estimate of drug-likeness (QED) is 0.114. The molecular weight excluding hydrogens is 816 g/mol. The van der Waals surface area contributed by atoms with Crippen LogP contribution in [0.25, 0.3) is 11.1 Å². The van der Waals surface area contributed by atoms with Crippen LogP contribution < -0.4 is 68.6 Å². The maximum absolute atomic E-state index is 14.0. The predicted molar refractivity (Wildman–Crippen MR) is 223 cm³/mol. The van der Waals surface area contributed by atoms with Gasteiger partial charge < -0.3 is 53.4 Å². The van der Waals surface area contributed by atoms with E-state index in [-0.39, 0.29) is 89.9 Å². The Morgan fingerprint density at radius 1 is 0.639 bits per heavy atom. The summed E-state index contributed by atoms with van der Waals surface area (Å²) in [5, 5.41) is 4.73. The van der Waals surface area contributed by atoms with Gasteiger partial charge in [0.2, 0.25) is 0 Å². The van der Waals surface area contributed by atoms with Gasteiger partial charge >= 0.3 is 29.6 Å². The molecule has 4 aromatic rings. The monoisotopic (exact) mass is 860 g/mol. The maximum Gasteiger partial charge on any atom is 1.00 e. The summed E-state index contributed by atoms with van der Waals surface area (Å²) in [6, 6.07) is 20.2. The number of rotatable bonds is 13. The Labute approximate surface area is 376 Å². The van der Waals surface area contributed by atoms with Gasteiger partial charge in [-0.15, -0.1) is 0 Å². The first-order valence-corrected chi connectivity index (χ1v) is 20.9. The molecule has 15 nitrogen and oxygen atoms in total. The van der Waals surface area contributed by atoms with Crippen LogP contribution in [0.15, 0.2) is 85.2 Å². The number of fused-ring (bicyclic) bond motifs is 4. The van der Waals surface area contributed by atoms with E-state index in [9.17, 15) is 22.6 Å². The van der Waals surface area contributed by atoms with Crippen molar-refractivity contribution in [1.29, 1.82) is 0 Å². The van der Waals surface area contributed by atoms with Crippen molar-refractivity contribution in [2.75, 3.05) is 52.3 Å². The van der Waals surface area contributed by atoms with Crippen molar-refractivity contribution in [3.63, 3.8) is 0 Å². The van der Waals surface area contributed by atoms with E-state index in [1.165, 1.54) is 31.3 Å². The fraction of sp³-hybridized carbons (Fsp3) is 0.318. The van der Waals surface area contributed by atoms with Gasteiger partial charge in [0.25, 0.3) is 11.8 Å². The molecule has 0 fully saturated rings. The molecule has 0 aromatic heterocycles. The summed E-state index contributed by atoms with van der Waals surface area (Å²) in [4.78, 5) is 31.0. The van der Waals surface area contributed by atoms with Crippen LogP contribution in [0.2, 0.25) is 0 Å². The fourth-order valence-electron chi connectivity index (χ4n) is 8.18. The number of carbonyl (C=O) groups excluding carboxylic acids is 2. The predicted octanol–water partition coefficient (Wildman–Crippen LogP) is 3.19. The van der Waals surface area contributed by atoms with Crippen LogP contribution in [0.4, 0.5) is 11.4 Å². The summed E-state index contributed by atoms with van der Waals surface area (Å²) in [6.07, 6.45) is 4.73. The van der Waals surface area contributed by atoms with Crippen molar-refractivity contribution in [1.82, 2.24) is 9.80 Å².